The van der Waals surface area contributed by atoms with Gasteiger partial charge in [0.15, 0.2) is 0 Å². The summed E-state index contributed by atoms with van der Waals surface area (Å²) < 4.78 is 22.6. The Labute approximate surface area is 114 Å². The van der Waals surface area contributed by atoms with Crippen LogP contribution in [0.3, 0.4) is 0 Å². The lowest BCUT2D eigenvalue weighted by atomic mass is 10.1. The number of carbonyl (C=O) groups is 1. The summed E-state index contributed by atoms with van der Waals surface area (Å²) in [4.78, 5) is 13.8. The van der Waals surface area contributed by atoms with E-state index in [1.807, 2.05) is 6.92 Å². The molecule has 6 heteroatoms. The maximum atomic E-state index is 12.2. The Morgan fingerprint density at radius 2 is 2.00 bits per heavy atom. The molecule has 19 heavy (non-hydrogen) atoms. The molecule has 1 aromatic rings. The fraction of sp³-hybridized carbons (Fsp3) is 0.462. The van der Waals surface area contributed by atoms with Gasteiger partial charge in [0, 0.05) is 19.2 Å². The van der Waals surface area contributed by atoms with E-state index in [4.69, 9.17) is 5.14 Å². The molecule has 0 aromatic heterocycles. The number of primary sulfonamides is 1. The van der Waals surface area contributed by atoms with Crippen molar-refractivity contribution in [2.45, 2.75) is 31.6 Å². The second-order valence-corrected chi connectivity index (χ2v) is 6.16. The molecule has 106 valence electrons. The van der Waals surface area contributed by atoms with Crippen LogP contribution in [0.5, 0.6) is 0 Å². The molecule has 1 amide bonds. The minimum atomic E-state index is -3.79. The predicted octanol–water partition coefficient (Wildman–Crippen LogP) is 1.51. The summed E-state index contributed by atoms with van der Waals surface area (Å²) in [6, 6.07) is 4.35. The van der Waals surface area contributed by atoms with E-state index in [9.17, 15) is 13.2 Å². The van der Waals surface area contributed by atoms with Crippen LogP contribution < -0.4 is 5.14 Å². The molecule has 0 unspecified atom stereocenters. The number of rotatable bonds is 5. The average Bonchev–Trinajstić information content (AvgIpc) is 2.34. The molecule has 0 fully saturated rings. The van der Waals surface area contributed by atoms with Crippen molar-refractivity contribution in [1.82, 2.24) is 4.90 Å². The van der Waals surface area contributed by atoms with Crippen LogP contribution in [0.1, 0.15) is 35.7 Å². The lowest BCUT2D eigenvalue weighted by Gasteiger charge is -2.18. The molecule has 0 aliphatic rings. The first kappa shape index (κ1) is 15.7. The molecule has 0 spiro atoms. The van der Waals surface area contributed by atoms with Crippen LogP contribution in [-0.4, -0.2) is 32.8 Å². The second kappa shape index (κ2) is 6.16. The third-order valence-electron chi connectivity index (χ3n) is 2.96. The van der Waals surface area contributed by atoms with Crippen LogP contribution in [-0.2, 0) is 10.0 Å². The van der Waals surface area contributed by atoms with Gasteiger partial charge < -0.3 is 4.90 Å². The minimum absolute atomic E-state index is 0.0367. The highest BCUT2D eigenvalue weighted by molar-refractivity contribution is 7.89. The summed E-state index contributed by atoms with van der Waals surface area (Å²) in [6.07, 6.45) is 1.91. The summed E-state index contributed by atoms with van der Waals surface area (Å²) in [5.74, 6) is -0.184. The Morgan fingerprint density at radius 1 is 1.37 bits per heavy atom. The Hall–Kier alpha value is -1.40. The molecule has 0 saturated carbocycles. The quantitative estimate of drug-likeness (QED) is 0.890. The first-order valence-electron chi connectivity index (χ1n) is 6.16. The number of aryl methyl sites for hydroxylation is 1. The smallest absolute Gasteiger partial charge is 0.253 e. The maximum absolute atomic E-state index is 12.2. The van der Waals surface area contributed by atoms with Gasteiger partial charge in [-0.15, -0.1) is 0 Å². The first-order chi connectivity index (χ1) is 8.77. The van der Waals surface area contributed by atoms with Gasteiger partial charge in [0.05, 0.1) is 4.90 Å². The lowest BCUT2D eigenvalue weighted by Crippen LogP contribution is -2.28. The highest BCUT2D eigenvalue weighted by atomic mass is 32.2. The van der Waals surface area contributed by atoms with E-state index in [0.29, 0.717) is 12.1 Å². The summed E-state index contributed by atoms with van der Waals surface area (Å²) in [6.45, 7) is 4.47. The van der Waals surface area contributed by atoms with E-state index in [1.165, 1.54) is 12.1 Å². The van der Waals surface area contributed by atoms with Crippen LogP contribution >= 0.6 is 0 Å². The summed E-state index contributed by atoms with van der Waals surface area (Å²) in [5, 5.41) is 5.08. The van der Waals surface area contributed by atoms with Crippen molar-refractivity contribution in [3.8, 4) is 0 Å². The topological polar surface area (TPSA) is 80.5 Å². The van der Waals surface area contributed by atoms with E-state index >= 15 is 0 Å². The summed E-state index contributed by atoms with van der Waals surface area (Å²) >= 11 is 0. The third-order valence-corrected chi connectivity index (χ3v) is 3.87. The number of nitrogens with two attached hydrogens (primary N) is 1. The van der Waals surface area contributed by atoms with Gasteiger partial charge in [0.1, 0.15) is 0 Å². The van der Waals surface area contributed by atoms with Crippen LogP contribution in [0.15, 0.2) is 23.1 Å². The van der Waals surface area contributed by atoms with Crippen molar-refractivity contribution in [3.63, 3.8) is 0 Å². The van der Waals surface area contributed by atoms with Crippen molar-refractivity contribution >= 4 is 15.9 Å². The van der Waals surface area contributed by atoms with Gasteiger partial charge in [-0.2, -0.15) is 0 Å². The Kier molecular flexibility index (Phi) is 5.08. The fourth-order valence-electron chi connectivity index (χ4n) is 1.71. The Morgan fingerprint density at radius 3 is 2.53 bits per heavy atom. The monoisotopic (exact) mass is 284 g/mol. The number of amides is 1. The zero-order valence-electron chi connectivity index (χ0n) is 11.5. The SMILES string of the molecule is CCCCN(C)C(=O)c1cc(S(N)(=O)=O)ccc1C. The zero-order chi connectivity index (χ0) is 14.6. The van der Waals surface area contributed by atoms with Crippen molar-refractivity contribution < 1.29 is 13.2 Å². The van der Waals surface area contributed by atoms with Gasteiger partial charge in [-0.1, -0.05) is 19.4 Å². The highest BCUT2D eigenvalue weighted by Crippen LogP contribution is 2.16. The van der Waals surface area contributed by atoms with Crippen molar-refractivity contribution in [1.29, 1.82) is 0 Å². The van der Waals surface area contributed by atoms with Gasteiger partial charge in [-0.3, -0.25) is 4.79 Å². The van der Waals surface area contributed by atoms with E-state index in [1.54, 1.807) is 24.9 Å². The average molecular weight is 284 g/mol. The second-order valence-electron chi connectivity index (χ2n) is 4.60. The van der Waals surface area contributed by atoms with E-state index in [2.05, 4.69) is 0 Å². The third kappa shape index (κ3) is 4.04. The number of sulfonamides is 1. The lowest BCUT2D eigenvalue weighted by molar-refractivity contribution is 0.0792. The summed E-state index contributed by atoms with van der Waals surface area (Å²) in [5.41, 5.74) is 1.12. The molecule has 0 saturated heterocycles. The molecule has 0 heterocycles. The molecular weight excluding hydrogens is 264 g/mol. The largest absolute Gasteiger partial charge is 0.342 e. The van der Waals surface area contributed by atoms with E-state index in [-0.39, 0.29) is 10.8 Å². The van der Waals surface area contributed by atoms with Crippen molar-refractivity contribution in [2.75, 3.05) is 13.6 Å². The molecule has 0 radical (unpaired) electrons. The summed E-state index contributed by atoms with van der Waals surface area (Å²) in [7, 11) is -2.08. The number of nitrogens with zero attached hydrogens (tertiary/aromatic N) is 1. The molecule has 2 N–H and O–H groups in total. The zero-order valence-corrected chi connectivity index (χ0v) is 12.3. The molecule has 1 aromatic carbocycles. The Balaban J connectivity index is 3.09. The van der Waals surface area contributed by atoms with Gasteiger partial charge >= 0.3 is 0 Å². The minimum Gasteiger partial charge on any atom is -0.342 e. The standard InChI is InChI=1S/C13H20N2O3S/c1-4-5-8-15(3)13(16)12-9-11(19(14,17)18)7-6-10(12)2/h6-7,9H,4-5,8H2,1-3H3,(H2,14,17,18). The van der Waals surface area contributed by atoms with Crippen molar-refractivity contribution in [3.05, 3.63) is 29.3 Å². The van der Waals surface area contributed by atoms with E-state index < -0.39 is 10.0 Å². The van der Waals surface area contributed by atoms with Crippen LogP contribution in [0.25, 0.3) is 0 Å². The van der Waals surface area contributed by atoms with Crippen molar-refractivity contribution in [2.24, 2.45) is 5.14 Å². The number of benzene rings is 1. The molecule has 0 aliphatic heterocycles. The number of carbonyl (C=O) groups excluding carboxylic acids is 1. The van der Waals surface area contributed by atoms with Crippen LogP contribution in [0.2, 0.25) is 0 Å². The molecular formula is C13H20N2O3S. The molecule has 0 aliphatic carbocycles. The van der Waals surface area contributed by atoms with E-state index in [0.717, 1.165) is 18.4 Å². The molecule has 1 rings (SSSR count). The maximum Gasteiger partial charge on any atom is 0.253 e. The fourth-order valence-corrected chi connectivity index (χ4v) is 2.25. The van der Waals surface area contributed by atoms with Gasteiger partial charge in [-0.25, -0.2) is 13.6 Å². The molecule has 5 nitrogen and oxygen atoms in total. The van der Waals surface area contributed by atoms with Crippen LogP contribution in [0, 0.1) is 6.92 Å². The van der Waals surface area contributed by atoms with Crippen LogP contribution in [0.4, 0.5) is 0 Å². The molecule has 0 atom stereocenters. The number of hydrogen-bond acceptors (Lipinski definition) is 3. The first-order valence-corrected chi connectivity index (χ1v) is 7.71. The van der Waals surface area contributed by atoms with Gasteiger partial charge in [-0.05, 0) is 31.0 Å². The highest BCUT2D eigenvalue weighted by Gasteiger charge is 2.17. The number of unbranched alkanes of at least 4 members (excludes halogenated alkanes) is 1. The van der Waals surface area contributed by atoms with Gasteiger partial charge in [0.2, 0.25) is 10.0 Å². The molecule has 0 bridgehead atoms. The van der Waals surface area contributed by atoms with Gasteiger partial charge in [0.25, 0.3) is 5.91 Å². The Bertz CT molecular complexity index is 567. The number of hydrogen-bond donors (Lipinski definition) is 1. The normalized spacial score (nSPS) is 11.4. The predicted molar refractivity (Wildman–Crippen MR) is 74.4 cm³/mol.